The molecular formula is C12H25KN2O. The number of piperidine rings is 1. The Kier molecular flexibility index (Phi) is 10.3. The molecule has 1 aliphatic rings. The maximum absolute atomic E-state index is 5.81. The van der Waals surface area contributed by atoms with Gasteiger partial charge in [0.05, 0.1) is 12.7 Å². The summed E-state index contributed by atoms with van der Waals surface area (Å²) in [5.74, 6) is 0. The zero-order valence-corrected chi connectivity index (χ0v) is 14.5. The van der Waals surface area contributed by atoms with Gasteiger partial charge >= 0.3 is 51.4 Å². The quantitative estimate of drug-likeness (QED) is 0.442. The van der Waals surface area contributed by atoms with Crippen molar-refractivity contribution in [1.29, 1.82) is 0 Å². The van der Waals surface area contributed by atoms with Crippen LogP contribution in [0, 0.1) is 7.05 Å². The van der Waals surface area contributed by atoms with E-state index in [0.717, 1.165) is 13.2 Å². The van der Waals surface area contributed by atoms with Crippen LogP contribution < -0.4 is 51.4 Å². The van der Waals surface area contributed by atoms with Crippen LogP contribution in [0.2, 0.25) is 0 Å². The van der Waals surface area contributed by atoms with Crippen molar-refractivity contribution in [3.05, 3.63) is 7.05 Å². The first-order chi connectivity index (χ1) is 7.09. The zero-order chi connectivity index (χ0) is 11.3. The summed E-state index contributed by atoms with van der Waals surface area (Å²) in [6.45, 7) is 8.62. The van der Waals surface area contributed by atoms with Gasteiger partial charge in [-0.25, -0.2) is 0 Å². The van der Waals surface area contributed by atoms with Gasteiger partial charge in [0.15, 0.2) is 0 Å². The predicted molar refractivity (Wildman–Crippen MR) is 63.7 cm³/mol. The molecule has 4 heteroatoms. The van der Waals surface area contributed by atoms with Crippen molar-refractivity contribution in [1.82, 2.24) is 9.80 Å². The van der Waals surface area contributed by atoms with Crippen molar-refractivity contribution >= 4 is 0 Å². The second-order valence-corrected chi connectivity index (χ2v) is 4.78. The summed E-state index contributed by atoms with van der Waals surface area (Å²) in [6, 6.07) is 0.678. The molecule has 0 atom stereocenters. The van der Waals surface area contributed by atoms with Crippen LogP contribution in [0.4, 0.5) is 0 Å². The summed E-state index contributed by atoms with van der Waals surface area (Å²) in [4.78, 5) is 4.44. The molecule has 1 saturated heterocycles. The van der Waals surface area contributed by atoms with Gasteiger partial charge in [0, 0.05) is 19.1 Å². The summed E-state index contributed by atoms with van der Waals surface area (Å²) < 4.78 is 5.81. The Bertz CT molecular complexity index is 166. The predicted octanol–water partition coefficient (Wildman–Crippen LogP) is -1.40. The second kappa shape index (κ2) is 9.45. The van der Waals surface area contributed by atoms with E-state index in [1.54, 1.807) is 0 Å². The molecule has 0 unspecified atom stereocenters. The average Bonchev–Trinajstić information content (AvgIpc) is 2.18. The van der Waals surface area contributed by atoms with E-state index < -0.39 is 0 Å². The first-order valence-electron chi connectivity index (χ1n) is 5.97. The molecule has 0 aromatic rings. The molecule has 0 aromatic carbocycles. The van der Waals surface area contributed by atoms with E-state index in [0.29, 0.717) is 12.1 Å². The van der Waals surface area contributed by atoms with Crippen molar-refractivity contribution in [2.75, 3.05) is 33.3 Å². The van der Waals surface area contributed by atoms with Gasteiger partial charge in [-0.3, -0.25) is 7.05 Å². The van der Waals surface area contributed by atoms with Gasteiger partial charge in [-0.15, -0.1) is 0 Å². The first kappa shape index (κ1) is 17.5. The van der Waals surface area contributed by atoms with Gasteiger partial charge in [0.25, 0.3) is 0 Å². The fourth-order valence-corrected chi connectivity index (χ4v) is 1.93. The molecule has 0 bridgehead atoms. The molecule has 0 aromatic heterocycles. The Morgan fingerprint density at radius 3 is 2.38 bits per heavy atom. The summed E-state index contributed by atoms with van der Waals surface area (Å²) in [5, 5.41) is 0. The molecular weight excluding hydrogens is 227 g/mol. The second-order valence-electron chi connectivity index (χ2n) is 4.78. The maximum atomic E-state index is 5.81. The molecule has 0 amide bonds. The maximum Gasteiger partial charge on any atom is 1.00 e. The number of ether oxygens (including phenoxy) is 1. The van der Waals surface area contributed by atoms with E-state index in [4.69, 9.17) is 4.74 Å². The van der Waals surface area contributed by atoms with E-state index >= 15 is 0 Å². The van der Waals surface area contributed by atoms with Crippen LogP contribution in [0.15, 0.2) is 0 Å². The van der Waals surface area contributed by atoms with Gasteiger partial charge in [-0.2, -0.15) is 0 Å². The topological polar surface area (TPSA) is 15.7 Å². The number of likely N-dealkylation sites (N-methyl/N-ethyl adjacent to an activating group) is 1. The van der Waals surface area contributed by atoms with Gasteiger partial charge in [-0.05, 0) is 40.3 Å². The van der Waals surface area contributed by atoms with E-state index in [9.17, 15) is 0 Å². The summed E-state index contributed by atoms with van der Waals surface area (Å²) in [7, 11) is 5.78. The van der Waals surface area contributed by atoms with Crippen LogP contribution in [0.5, 0.6) is 0 Å². The molecule has 3 nitrogen and oxygen atoms in total. The molecule has 16 heavy (non-hydrogen) atoms. The van der Waals surface area contributed by atoms with Gasteiger partial charge in [0.1, 0.15) is 0 Å². The molecule has 0 saturated carbocycles. The minimum Gasteiger partial charge on any atom is -0.460 e. The summed E-state index contributed by atoms with van der Waals surface area (Å²) in [6.07, 6.45) is 2.83. The molecule has 1 fully saturated rings. The Balaban J connectivity index is 0.00000225. The molecule has 0 spiro atoms. The third-order valence-corrected chi connectivity index (χ3v) is 3.03. The Labute approximate surface area is 143 Å². The molecule has 0 aliphatic carbocycles. The van der Waals surface area contributed by atoms with E-state index in [1.165, 1.54) is 25.9 Å². The fourth-order valence-electron chi connectivity index (χ4n) is 1.93. The number of hydrogen-bond donors (Lipinski definition) is 0. The van der Waals surface area contributed by atoms with Crippen LogP contribution in [0.1, 0.15) is 26.7 Å². The van der Waals surface area contributed by atoms with E-state index in [1.807, 2.05) is 11.9 Å². The van der Waals surface area contributed by atoms with Crippen molar-refractivity contribution in [3.63, 3.8) is 0 Å². The first-order valence-corrected chi connectivity index (χ1v) is 5.97. The van der Waals surface area contributed by atoms with Crippen molar-refractivity contribution in [3.8, 4) is 0 Å². The standard InChI is InChI=1S/C12H25N2O.K/c1-11(2)14-7-5-12(6-8-14)15-10-9-13(3)4;/h11-12H,3,5-10H2,1-2,4H3;/q-1;+1. The Morgan fingerprint density at radius 2 is 1.94 bits per heavy atom. The minimum absolute atomic E-state index is 0. The van der Waals surface area contributed by atoms with Crippen molar-refractivity contribution in [2.45, 2.75) is 38.8 Å². The molecule has 90 valence electrons. The number of hydrogen-bond acceptors (Lipinski definition) is 3. The van der Waals surface area contributed by atoms with Crippen LogP contribution in [0.25, 0.3) is 0 Å². The van der Waals surface area contributed by atoms with E-state index in [2.05, 4.69) is 25.8 Å². The normalized spacial score (nSPS) is 19.1. The minimum atomic E-state index is 0. The largest absolute Gasteiger partial charge is 1.00 e. The number of likely N-dealkylation sites (tertiary alicyclic amines) is 1. The third kappa shape index (κ3) is 7.06. The van der Waals surface area contributed by atoms with Crippen molar-refractivity contribution in [2.24, 2.45) is 0 Å². The van der Waals surface area contributed by atoms with E-state index in [-0.39, 0.29) is 51.4 Å². The van der Waals surface area contributed by atoms with Crippen molar-refractivity contribution < 1.29 is 56.1 Å². The van der Waals surface area contributed by atoms with Gasteiger partial charge in [-0.1, -0.05) is 0 Å². The SMILES string of the molecule is [CH2-]N(C)CCOC1CCN(C(C)C)CC1.[K+]. The monoisotopic (exact) mass is 252 g/mol. The van der Waals surface area contributed by atoms with Crippen LogP contribution in [-0.2, 0) is 4.74 Å². The zero-order valence-electron chi connectivity index (χ0n) is 11.4. The summed E-state index contributed by atoms with van der Waals surface area (Å²) in [5.41, 5.74) is 0. The molecule has 1 rings (SSSR count). The molecule has 0 radical (unpaired) electrons. The number of rotatable bonds is 5. The fraction of sp³-hybridized carbons (Fsp3) is 0.917. The molecule has 1 heterocycles. The molecule has 0 N–H and O–H groups in total. The van der Waals surface area contributed by atoms with Gasteiger partial charge < -0.3 is 14.5 Å². The smallest absolute Gasteiger partial charge is 0.460 e. The van der Waals surface area contributed by atoms with Crippen LogP contribution in [0.3, 0.4) is 0 Å². The van der Waals surface area contributed by atoms with Crippen LogP contribution >= 0.6 is 0 Å². The molecule has 1 aliphatic heterocycles. The van der Waals surface area contributed by atoms with Gasteiger partial charge in [0.2, 0.25) is 0 Å². The van der Waals surface area contributed by atoms with Crippen LogP contribution in [-0.4, -0.2) is 55.2 Å². The Morgan fingerprint density at radius 1 is 1.38 bits per heavy atom. The summed E-state index contributed by atoms with van der Waals surface area (Å²) >= 11 is 0. The average molecular weight is 252 g/mol. The number of nitrogens with zero attached hydrogens (tertiary/aromatic N) is 2. The Hall–Kier alpha value is 1.52. The third-order valence-electron chi connectivity index (χ3n) is 3.03.